The number of carboxylic acids is 1. The Bertz CT molecular complexity index is 490. The number of anilines is 1. The normalized spacial score (nSPS) is 12.4. The maximum Gasteiger partial charge on any atom is 0.304 e. The molecule has 1 rings (SSSR count). The van der Waals surface area contributed by atoms with Gasteiger partial charge in [0, 0.05) is 31.4 Å². The lowest BCUT2D eigenvalue weighted by Crippen LogP contribution is -2.34. The summed E-state index contributed by atoms with van der Waals surface area (Å²) >= 11 is 1.44. The van der Waals surface area contributed by atoms with Gasteiger partial charge in [-0.1, -0.05) is 6.92 Å². The van der Waals surface area contributed by atoms with E-state index in [1.807, 2.05) is 26.2 Å². The van der Waals surface area contributed by atoms with Crippen molar-refractivity contribution in [1.82, 2.24) is 9.88 Å². The zero-order valence-corrected chi connectivity index (χ0v) is 13.8. The van der Waals surface area contributed by atoms with Gasteiger partial charge in [0.25, 0.3) is 0 Å². The first-order valence-corrected chi connectivity index (χ1v) is 7.95. The van der Waals surface area contributed by atoms with Gasteiger partial charge in [0.1, 0.15) is 0 Å². The topological polar surface area (TPSA) is 73.7 Å². The number of aromatic nitrogens is 1. The van der Waals surface area contributed by atoms with Crippen LogP contribution in [0.1, 0.15) is 39.8 Å². The van der Waals surface area contributed by atoms with Crippen molar-refractivity contribution < 1.29 is 14.7 Å². The Morgan fingerprint density at radius 2 is 2.05 bits per heavy atom. The van der Waals surface area contributed by atoms with Crippen LogP contribution in [-0.4, -0.2) is 46.0 Å². The highest BCUT2D eigenvalue weighted by atomic mass is 32.1. The molecule has 1 atom stereocenters. The molecule has 1 unspecified atom stereocenters. The van der Waals surface area contributed by atoms with Crippen LogP contribution in [0, 0.1) is 0 Å². The molecule has 0 aliphatic rings. The number of aliphatic carboxylic acids is 1. The Labute approximate surface area is 129 Å². The SMILES string of the molecule is CCN(C(C)=O)c1nc(CN(CC)C(C)CC(=O)O)cs1. The van der Waals surface area contributed by atoms with Crippen LogP contribution >= 0.6 is 11.3 Å². The van der Waals surface area contributed by atoms with Gasteiger partial charge in [0.15, 0.2) is 5.13 Å². The molecule has 0 saturated carbocycles. The van der Waals surface area contributed by atoms with Crippen molar-refractivity contribution >= 4 is 28.3 Å². The first-order chi connectivity index (χ1) is 9.88. The Kier molecular flexibility index (Phi) is 6.77. The Balaban J connectivity index is 2.76. The zero-order valence-electron chi connectivity index (χ0n) is 13.0. The van der Waals surface area contributed by atoms with Gasteiger partial charge in [-0.05, 0) is 20.4 Å². The maximum absolute atomic E-state index is 11.5. The van der Waals surface area contributed by atoms with Crippen molar-refractivity contribution in [3.05, 3.63) is 11.1 Å². The molecule has 21 heavy (non-hydrogen) atoms. The van der Waals surface area contributed by atoms with Crippen LogP contribution in [0.15, 0.2) is 5.38 Å². The van der Waals surface area contributed by atoms with Gasteiger partial charge in [-0.15, -0.1) is 11.3 Å². The van der Waals surface area contributed by atoms with Gasteiger partial charge >= 0.3 is 5.97 Å². The van der Waals surface area contributed by atoms with E-state index in [0.29, 0.717) is 18.2 Å². The van der Waals surface area contributed by atoms with Crippen molar-refractivity contribution in [2.24, 2.45) is 0 Å². The molecule has 0 spiro atoms. The quantitative estimate of drug-likeness (QED) is 0.796. The molecule has 0 radical (unpaired) electrons. The molecule has 0 bridgehead atoms. The van der Waals surface area contributed by atoms with Crippen LogP contribution in [0.4, 0.5) is 5.13 Å². The number of carboxylic acid groups (broad SMARTS) is 1. The molecule has 1 N–H and O–H groups in total. The maximum atomic E-state index is 11.5. The lowest BCUT2D eigenvalue weighted by atomic mass is 10.2. The zero-order chi connectivity index (χ0) is 16.0. The number of carbonyl (C=O) groups excluding carboxylic acids is 1. The third kappa shape index (κ3) is 5.09. The number of nitrogens with zero attached hydrogens (tertiary/aromatic N) is 3. The molecule has 0 aromatic carbocycles. The van der Waals surface area contributed by atoms with Gasteiger partial charge < -0.3 is 5.11 Å². The highest BCUT2D eigenvalue weighted by molar-refractivity contribution is 7.14. The summed E-state index contributed by atoms with van der Waals surface area (Å²) in [7, 11) is 0. The second-order valence-electron chi connectivity index (χ2n) is 4.89. The van der Waals surface area contributed by atoms with Crippen molar-refractivity contribution in [2.75, 3.05) is 18.0 Å². The number of carbonyl (C=O) groups is 2. The standard InChI is InChI=1S/C14H23N3O3S/c1-5-16(10(3)7-13(19)20)8-12-9-21-14(15-12)17(6-2)11(4)18/h9-10H,5-8H2,1-4H3,(H,19,20). The third-order valence-electron chi connectivity index (χ3n) is 3.33. The molecule has 0 aliphatic heterocycles. The third-order valence-corrected chi connectivity index (χ3v) is 4.24. The predicted octanol–water partition coefficient (Wildman–Crippen LogP) is 2.20. The molecular weight excluding hydrogens is 290 g/mol. The van der Waals surface area contributed by atoms with Crippen LogP contribution in [0.3, 0.4) is 0 Å². The predicted molar refractivity (Wildman–Crippen MR) is 83.6 cm³/mol. The highest BCUT2D eigenvalue weighted by Gasteiger charge is 2.18. The summed E-state index contributed by atoms with van der Waals surface area (Å²) in [5.41, 5.74) is 0.869. The smallest absolute Gasteiger partial charge is 0.304 e. The van der Waals surface area contributed by atoms with Crippen molar-refractivity contribution in [2.45, 2.75) is 46.7 Å². The lowest BCUT2D eigenvalue weighted by Gasteiger charge is -2.25. The minimum absolute atomic E-state index is 0.0232. The molecule has 0 aliphatic carbocycles. The first kappa shape index (κ1) is 17.6. The molecular formula is C14H23N3O3S. The van der Waals surface area contributed by atoms with Gasteiger partial charge in [0.05, 0.1) is 12.1 Å². The van der Waals surface area contributed by atoms with E-state index in [1.54, 1.807) is 4.90 Å². The van der Waals surface area contributed by atoms with Crippen LogP contribution in [-0.2, 0) is 16.1 Å². The van der Waals surface area contributed by atoms with E-state index >= 15 is 0 Å². The van der Waals surface area contributed by atoms with Gasteiger partial charge in [0.2, 0.25) is 5.91 Å². The Hall–Kier alpha value is -1.47. The molecule has 1 amide bonds. The van der Waals surface area contributed by atoms with Crippen molar-refractivity contribution in [3.8, 4) is 0 Å². The highest BCUT2D eigenvalue weighted by Crippen LogP contribution is 2.22. The summed E-state index contributed by atoms with van der Waals surface area (Å²) in [5.74, 6) is -0.821. The number of hydrogen-bond donors (Lipinski definition) is 1. The van der Waals surface area contributed by atoms with Crippen LogP contribution in [0.25, 0.3) is 0 Å². The fraction of sp³-hybridized carbons (Fsp3) is 0.643. The second kappa shape index (κ2) is 8.09. The molecule has 0 saturated heterocycles. The van der Waals surface area contributed by atoms with Crippen LogP contribution < -0.4 is 4.90 Å². The average Bonchev–Trinajstić information content (AvgIpc) is 2.83. The fourth-order valence-electron chi connectivity index (χ4n) is 2.15. The summed E-state index contributed by atoms with van der Waals surface area (Å²) in [5, 5.41) is 11.5. The molecule has 1 aromatic rings. The second-order valence-corrected chi connectivity index (χ2v) is 5.73. The summed E-state index contributed by atoms with van der Waals surface area (Å²) in [6.07, 6.45) is 0.110. The molecule has 6 nitrogen and oxygen atoms in total. The minimum atomic E-state index is -0.798. The Morgan fingerprint density at radius 1 is 1.38 bits per heavy atom. The summed E-state index contributed by atoms with van der Waals surface area (Å²) in [4.78, 5) is 30.5. The minimum Gasteiger partial charge on any atom is -0.481 e. The molecule has 1 aromatic heterocycles. The molecule has 7 heteroatoms. The molecule has 0 fully saturated rings. The number of rotatable bonds is 8. The lowest BCUT2D eigenvalue weighted by molar-refractivity contribution is -0.138. The van der Waals surface area contributed by atoms with Gasteiger partial charge in [-0.25, -0.2) is 4.98 Å². The van der Waals surface area contributed by atoms with Gasteiger partial charge in [-0.2, -0.15) is 0 Å². The van der Waals surface area contributed by atoms with E-state index in [2.05, 4.69) is 9.88 Å². The molecule has 1 heterocycles. The van der Waals surface area contributed by atoms with Crippen LogP contribution in [0.2, 0.25) is 0 Å². The monoisotopic (exact) mass is 313 g/mol. The van der Waals surface area contributed by atoms with E-state index in [9.17, 15) is 9.59 Å². The van der Waals surface area contributed by atoms with E-state index in [-0.39, 0.29) is 18.4 Å². The molecule has 118 valence electrons. The summed E-state index contributed by atoms with van der Waals surface area (Å²) in [6.45, 7) is 9.28. The summed E-state index contributed by atoms with van der Waals surface area (Å²) in [6, 6.07) is -0.0484. The number of hydrogen-bond acceptors (Lipinski definition) is 5. The van der Waals surface area contributed by atoms with E-state index < -0.39 is 5.97 Å². The first-order valence-electron chi connectivity index (χ1n) is 7.07. The van der Waals surface area contributed by atoms with Crippen molar-refractivity contribution in [1.29, 1.82) is 0 Å². The van der Waals surface area contributed by atoms with E-state index in [1.165, 1.54) is 18.3 Å². The van der Waals surface area contributed by atoms with Crippen LogP contribution in [0.5, 0.6) is 0 Å². The van der Waals surface area contributed by atoms with E-state index in [4.69, 9.17) is 5.11 Å². The van der Waals surface area contributed by atoms with Gasteiger partial charge in [-0.3, -0.25) is 19.4 Å². The fourth-order valence-corrected chi connectivity index (χ4v) is 3.08. The van der Waals surface area contributed by atoms with E-state index in [0.717, 1.165) is 12.2 Å². The van der Waals surface area contributed by atoms with Crippen molar-refractivity contribution in [3.63, 3.8) is 0 Å². The largest absolute Gasteiger partial charge is 0.481 e. The number of thiazole rings is 1. The number of amides is 1. The Morgan fingerprint density at radius 3 is 2.52 bits per heavy atom. The average molecular weight is 313 g/mol. The summed E-state index contributed by atoms with van der Waals surface area (Å²) < 4.78 is 0.